The number of ether oxygens (including phenoxy) is 1. The number of aromatic nitrogens is 3. The predicted molar refractivity (Wildman–Crippen MR) is 91.3 cm³/mol. The summed E-state index contributed by atoms with van der Waals surface area (Å²) in [6, 6.07) is 7.96. The predicted octanol–water partition coefficient (Wildman–Crippen LogP) is 3.12. The van der Waals surface area contributed by atoms with Crippen LogP contribution >= 0.6 is 0 Å². The molecule has 0 saturated heterocycles. The van der Waals surface area contributed by atoms with Crippen molar-refractivity contribution in [1.82, 2.24) is 19.8 Å². The van der Waals surface area contributed by atoms with E-state index in [1.54, 1.807) is 13.3 Å². The molecule has 6 nitrogen and oxygen atoms in total. The van der Waals surface area contributed by atoms with Crippen LogP contribution in [0.4, 0.5) is 0 Å². The van der Waals surface area contributed by atoms with E-state index >= 15 is 0 Å². The fraction of sp³-hybridized carbons (Fsp3) is 0.333. The molecule has 0 amide bonds. The van der Waals surface area contributed by atoms with Gasteiger partial charge in [0.15, 0.2) is 0 Å². The van der Waals surface area contributed by atoms with E-state index in [-0.39, 0.29) is 0 Å². The van der Waals surface area contributed by atoms with Gasteiger partial charge in [-0.25, -0.2) is 4.68 Å². The van der Waals surface area contributed by atoms with Crippen LogP contribution in [0.1, 0.15) is 22.6 Å². The molecule has 0 aliphatic rings. The van der Waals surface area contributed by atoms with Crippen molar-refractivity contribution in [3.8, 4) is 11.4 Å². The average molecular weight is 326 g/mol. The van der Waals surface area contributed by atoms with Crippen molar-refractivity contribution in [2.75, 3.05) is 14.2 Å². The van der Waals surface area contributed by atoms with Gasteiger partial charge in [0.2, 0.25) is 0 Å². The number of benzene rings is 1. The summed E-state index contributed by atoms with van der Waals surface area (Å²) < 4.78 is 12.5. The van der Waals surface area contributed by atoms with Gasteiger partial charge in [-0.3, -0.25) is 4.90 Å². The van der Waals surface area contributed by atoms with Gasteiger partial charge < -0.3 is 9.26 Å². The van der Waals surface area contributed by atoms with Crippen molar-refractivity contribution in [2.24, 2.45) is 0 Å². The highest BCUT2D eigenvalue weighted by Gasteiger charge is 2.14. The van der Waals surface area contributed by atoms with Crippen molar-refractivity contribution in [3.05, 3.63) is 59.2 Å². The fourth-order valence-corrected chi connectivity index (χ4v) is 2.79. The van der Waals surface area contributed by atoms with Gasteiger partial charge in [-0.15, -0.1) is 0 Å². The van der Waals surface area contributed by atoms with Gasteiger partial charge in [-0.05, 0) is 50.7 Å². The summed E-state index contributed by atoms with van der Waals surface area (Å²) in [6.45, 7) is 5.46. The molecule has 0 unspecified atom stereocenters. The summed E-state index contributed by atoms with van der Waals surface area (Å²) in [5.74, 6) is 1.71. The van der Waals surface area contributed by atoms with Gasteiger partial charge in [0.1, 0.15) is 11.5 Å². The minimum atomic E-state index is 0.760. The Hall–Kier alpha value is -2.60. The lowest BCUT2D eigenvalue weighted by Crippen LogP contribution is -2.19. The molecule has 3 rings (SSSR count). The Kier molecular flexibility index (Phi) is 4.66. The Bertz CT molecular complexity index is 789. The van der Waals surface area contributed by atoms with E-state index in [1.807, 2.05) is 42.9 Å². The lowest BCUT2D eigenvalue weighted by atomic mass is 10.1. The maximum Gasteiger partial charge on any atom is 0.138 e. The number of methoxy groups -OCH3 is 1. The molecule has 2 heterocycles. The molecule has 0 fully saturated rings. The van der Waals surface area contributed by atoms with Crippen LogP contribution in [0.2, 0.25) is 0 Å². The number of aryl methyl sites for hydroxylation is 2. The molecule has 0 bridgehead atoms. The first-order chi connectivity index (χ1) is 11.6. The zero-order valence-corrected chi connectivity index (χ0v) is 14.5. The molecular weight excluding hydrogens is 304 g/mol. The average Bonchev–Trinajstić information content (AvgIpc) is 3.20. The Morgan fingerprint density at radius 2 is 2.08 bits per heavy atom. The molecule has 6 heteroatoms. The van der Waals surface area contributed by atoms with Crippen molar-refractivity contribution >= 4 is 0 Å². The molecule has 2 aromatic heterocycles. The highest BCUT2D eigenvalue weighted by atomic mass is 16.5. The van der Waals surface area contributed by atoms with E-state index in [2.05, 4.69) is 28.3 Å². The van der Waals surface area contributed by atoms with Crippen LogP contribution in [0.15, 0.2) is 41.2 Å². The van der Waals surface area contributed by atoms with Crippen molar-refractivity contribution in [2.45, 2.75) is 26.9 Å². The minimum absolute atomic E-state index is 0.760. The maximum absolute atomic E-state index is 5.38. The summed E-state index contributed by atoms with van der Waals surface area (Å²) in [5, 5.41) is 8.37. The van der Waals surface area contributed by atoms with Crippen LogP contribution in [-0.4, -0.2) is 34.0 Å². The van der Waals surface area contributed by atoms with E-state index in [0.717, 1.165) is 47.1 Å². The van der Waals surface area contributed by atoms with Crippen molar-refractivity contribution in [3.63, 3.8) is 0 Å². The summed E-state index contributed by atoms with van der Waals surface area (Å²) in [4.78, 5) is 2.23. The first-order valence-corrected chi connectivity index (χ1v) is 7.85. The van der Waals surface area contributed by atoms with Gasteiger partial charge in [0, 0.05) is 31.0 Å². The molecule has 3 aromatic rings. The zero-order valence-electron chi connectivity index (χ0n) is 14.5. The largest absolute Gasteiger partial charge is 0.497 e. The Morgan fingerprint density at radius 1 is 1.25 bits per heavy atom. The topological polar surface area (TPSA) is 56.3 Å². The SMILES string of the molecule is COc1ccc(-n2cccn2)c(CN(C)Cc2c(C)noc2C)c1. The lowest BCUT2D eigenvalue weighted by molar-refractivity contribution is 0.313. The van der Waals surface area contributed by atoms with E-state index in [9.17, 15) is 0 Å². The second kappa shape index (κ2) is 6.88. The maximum atomic E-state index is 5.38. The summed E-state index contributed by atoms with van der Waals surface area (Å²) in [7, 11) is 3.76. The van der Waals surface area contributed by atoms with Gasteiger partial charge in [0.05, 0.1) is 18.5 Å². The standard InChI is InChI=1S/C18H22N4O2/c1-13-17(14(2)24-20-13)12-21(3)11-15-10-16(23-4)6-7-18(15)22-9-5-8-19-22/h5-10H,11-12H2,1-4H3. The summed E-state index contributed by atoms with van der Waals surface area (Å²) >= 11 is 0. The van der Waals surface area contributed by atoms with E-state index in [1.165, 1.54) is 0 Å². The number of nitrogens with zero attached hydrogens (tertiary/aromatic N) is 4. The molecule has 24 heavy (non-hydrogen) atoms. The first kappa shape index (κ1) is 16.3. The van der Waals surface area contributed by atoms with E-state index in [4.69, 9.17) is 9.26 Å². The molecule has 0 aliphatic heterocycles. The third-order valence-electron chi connectivity index (χ3n) is 4.09. The fourth-order valence-electron chi connectivity index (χ4n) is 2.79. The molecule has 1 aromatic carbocycles. The van der Waals surface area contributed by atoms with Crippen molar-refractivity contribution in [1.29, 1.82) is 0 Å². The first-order valence-electron chi connectivity index (χ1n) is 7.85. The number of hydrogen-bond acceptors (Lipinski definition) is 5. The zero-order chi connectivity index (χ0) is 17.1. The van der Waals surface area contributed by atoms with Crippen molar-refractivity contribution < 1.29 is 9.26 Å². The quantitative estimate of drug-likeness (QED) is 0.696. The monoisotopic (exact) mass is 326 g/mol. The molecule has 0 aliphatic carbocycles. The normalized spacial score (nSPS) is 11.2. The highest BCUT2D eigenvalue weighted by Crippen LogP contribution is 2.23. The second-order valence-corrected chi connectivity index (χ2v) is 5.92. The summed E-state index contributed by atoms with van der Waals surface area (Å²) in [5.41, 5.74) is 4.28. The molecule has 0 atom stereocenters. The minimum Gasteiger partial charge on any atom is -0.497 e. The van der Waals surface area contributed by atoms with Crippen LogP contribution in [0, 0.1) is 13.8 Å². The third-order valence-corrected chi connectivity index (χ3v) is 4.09. The lowest BCUT2D eigenvalue weighted by Gasteiger charge is -2.19. The van der Waals surface area contributed by atoms with E-state index in [0.29, 0.717) is 0 Å². The third kappa shape index (κ3) is 3.33. The van der Waals surface area contributed by atoms with E-state index < -0.39 is 0 Å². The van der Waals surface area contributed by atoms with Crippen LogP contribution in [-0.2, 0) is 13.1 Å². The molecule has 126 valence electrons. The van der Waals surface area contributed by atoms with Crippen LogP contribution < -0.4 is 4.74 Å². The van der Waals surface area contributed by atoms with Gasteiger partial charge in [-0.2, -0.15) is 5.10 Å². The summed E-state index contributed by atoms with van der Waals surface area (Å²) in [6.07, 6.45) is 3.72. The molecule has 0 N–H and O–H groups in total. The van der Waals surface area contributed by atoms with Crippen LogP contribution in [0.5, 0.6) is 5.75 Å². The van der Waals surface area contributed by atoms with Gasteiger partial charge in [-0.1, -0.05) is 5.16 Å². The number of hydrogen-bond donors (Lipinski definition) is 0. The number of rotatable bonds is 6. The molecule has 0 saturated carbocycles. The molecular formula is C18H22N4O2. The van der Waals surface area contributed by atoms with Gasteiger partial charge >= 0.3 is 0 Å². The smallest absolute Gasteiger partial charge is 0.138 e. The molecule has 0 spiro atoms. The molecule has 0 radical (unpaired) electrons. The van der Waals surface area contributed by atoms with Gasteiger partial charge in [0.25, 0.3) is 0 Å². The van der Waals surface area contributed by atoms with Crippen LogP contribution in [0.25, 0.3) is 5.69 Å². The van der Waals surface area contributed by atoms with Crippen LogP contribution in [0.3, 0.4) is 0 Å². The second-order valence-electron chi connectivity index (χ2n) is 5.92. The Balaban J connectivity index is 1.85. The Morgan fingerprint density at radius 3 is 2.71 bits per heavy atom. The highest BCUT2D eigenvalue weighted by molar-refractivity contribution is 5.45. The Labute approximate surface area is 141 Å².